The van der Waals surface area contributed by atoms with Gasteiger partial charge in [0.25, 0.3) is 0 Å². The number of ether oxygens (including phenoxy) is 1. The summed E-state index contributed by atoms with van der Waals surface area (Å²) in [6.45, 7) is 0.486. The van der Waals surface area contributed by atoms with Crippen LogP contribution in [-0.4, -0.2) is 29.2 Å². The van der Waals surface area contributed by atoms with E-state index in [0.717, 1.165) is 21.1 Å². The number of rotatable bonds is 3. The van der Waals surface area contributed by atoms with E-state index in [1.54, 1.807) is 6.20 Å². The maximum atomic E-state index is 12.2. The fourth-order valence-corrected chi connectivity index (χ4v) is 4.32. The molecule has 0 spiro atoms. The number of hydrogen-bond donors (Lipinski definition) is 2. The average Bonchev–Trinajstić information content (AvgIpc) is 3.34. The highest BCUT2D eigenvalue weighted by atomic mass is 79.9. The average molecular weight is 472 g/mol. The molecule has 2 aromatic heterocycles. The van der Waals surface area contributed by atoms with Crippen LogP contribution in [0, 0.1) is 11.8 Å². The fraction of sp³-hybridized carbons (Fsp3) is 0.120. The number of aromatic amines is 1. The molecule has 2 heterocycles. The normalized spacial score (nSPS) is 12.0. The summed E-state index contributed by atoms with van der Waals surface area (Å²) in [5.41, 5.74) is 6.40. The predicted octanol–water partition coefficient (Wildman–Crippen LogP) is 5.22. The van der Waals surface area contributed by atoms with Crippen molar-refractivity contribution in [3.05, 3.63) is 88.2 Å². The summed E-state index contributed by atoms with van der Waals surface area (Å²) in [6.07, 6.45) is 3.07. The highest BCUT2D eigenvalue weighted by Crippen LogP contribution is 2.44. The molecule has 1 aliphatic rings. The van der Waals surface area contributed by atoms with E-state index in [1.807, 2.05) is 36.5 Å². The lowest BCUT2D eigenvalue weighted by atomic mass is 9.98. The first-order chi connectivity index (χ1) is 15.2. The van der Waals surface area contributed by atoms with Crippen molar-refractivity contribution >= 4 is 33.1 Å². The summed E-state index contributed by atoms with van der Waals surface area (Å²) >= 11 is 3.42. The molecule has 0 saturated heterocycles. The van der Waals surface area contributed by atoms with Gasteiger partial charge in [-0.15, -0.1) is 0 Å². The van der Waals surface area contributed by atoms with E-state index >= 15 is 0 Å². The monoisotopic (exact) mass is 471 g/mol. The first-order valence-corrected chi connectivity index (χ1v) is 10.7. The SMILES string of the molecule is O=C(NCC#Cc1c[nH]c2ncc(Br)cc12)OCC1c2ccccc2-c2ccccc21. The van der Waals surface area contributed by atoms with Gasteiger partial charge in [0, 0.05) is 28.2 Å². The molecule has 0 fully saturated rings. The van der Waals surface area contributed by atoms with Crippen LogP contribution in [0.5, 0.6) is 0 Å². The minimum absolute atomic E-state index is 0.0430. The summed E-state index contributed by atoms with van der Waals surface area (Å²) < 4.78 is 6.41. The second-order valence-corrected chi connectivity index (χ2v) is 8.15. The zero-order chi connectivity index (χ0) is 21.2. The summed E-state index contributed by atoms with van der Waals surface area (Å²) in [5, 5.41) is 3.64. The molecule has 0 saturated carbocycles. The first-order valence-electron chi connectivity index (χ1n) is 9.91. The summed E-state index contributed by atoms with van der Waals surface area (Å²) in [6, 6.07) is 18.5. The lowest BCUT2D eigenvalue weighted by Gasteiger charge is -2.14. The lowest BCUT2D eigenvalue weighted by Crippen LogP contribution is -2.26. The Morgan fingerprint density at radius 1 is 1.13 bits per heavy atom. The standard InChI is InChI=1S/C25H18BrN3O2/c26-17-12-22-16(13-28-24(22)29-14-17)6-5-11-27-25(30)31-15-23-20-9-3-1-7-18(20)19-8-2-4-10-21(19)23/h1-4,7-10,12-14,23H,11,15H2,(H,27,30)(H,28,29). The molecule has 5 nitrogen and oxygen atoms in total. The third-order valence-corrected chi connectivity index (χ3v) is 5.82. The van der Waals surface area contributed by atoms with Gasteiger partial charge in [-0.25, -0.2) is 9.78 Å². The number of H-pyrrole nitrogens is 1. The molecule has 1 aliphatic carbocycles. The van der Waals surface area contributed by atoms with Gasteiger partial charge in [-0.05, 0) is 44.3 Å². The van der Waals surface area contributed by atoms with Gasteiger partial charge in [0.2, 0.25) is 0 Å². The lowest BCUT2D eigenvalue weighted by molar-refractivity contribution is 0.144. The van der Waals surface area contributed by atoms with Crippen molar-refractivity contribution in [2.45, 2.75) is 5.92 Å². The Bertz CT molecular complexity index is 1300. The molecule has 5 rings (SSSR count). The number of carbonyl (C=O) groups excluding carboxylic acids is 1. The van der Waals surface area contributed by atoms with Crippen LogP contribution in [0.2, 0.25) is 0 Å². The third-order valence-electron chi connectivity index (χ3n) is 5.39. The molecule has 0 bridgehead atoms. The van der Waals surface area contributed by atoms with Gasteiger partial charge in [-0.1, -0.05) is 60.4 Å². The van der Waals surface area contributed by atoms with E-state index < -0.39 is 6.09 Å². The van der Waals surface area contributed by atoms with Crippen molar-refractivity contribution in [1.29, 1.82) is 0 Å². The Hall–Kier alpha value is -3.56. The molecule has 31 heavy (non-hydrogen) atoms. The van der Waals surface area contributed by atoms with Crippen molar-refractivity contribution in [1.82, 2.24) is 15.3 Å². The van der Waals surface area contributed by atoms with Crippen LogP contribution in [0.1, 0.15) is 22.6 Å². The van der Waals surface area contributed by atoms with E-state index in [-0.39, 0.29) is 19.1 Å². The van der Waals surface area contributed by atoms with Crippen LogP contribution in [0.15, 0.2) is 71.5 Å². The van der Waals surface area contributed by atoms with Crippen LogP contribution in [0.4, 0.5) is 4.79 Å². The zero-order valence-electron chi connectivity index (χ0n) is 16.5. The van der Waals surface area contributed by atoms with Crippen molar-refractivity contribution < 1.29 is 9.53 Å². The molecule has 0 radical (unpaired) electrons. The minimum Gasteiger partial charge on any atom is -0.449 e. The molecule has 152 valence electrons. The summed E-state index contributed by atoms with van der Waals surface area (Å²) in [4.78, 5) is 19.6. The number of amides is 1. The number of pyridine rings is 1. The van der Waals surface area contributed by atoms with Crippen molar-refractivity contribution in [3.8, 4) is 23.0 Å². The van der Waals surface area contributed by atoms with E-state index in [1.165, 1.54) is 22.3 Å². The van der Waals surface area contributed by atoms with Crippen LogP contribution in [0.25, 0.3) is 22.2 Å². The van der Waals surface area contributed by atoms with Crippen LogP contribution in [-0.2, 0) is 4.74 Å². The molecule has 1 amide bonds. The minimum atomic E-state index is -0.473. The first kappa shape index (κ1) is 19.4. The largest absolute Gasteiger partial charge is 0.449 e. The smallest absolute Gasteiger partial charge is 0.407 e. The number of nitrogens with zero attached hydrogens (tertiary/aromatic N) is 1. The molecular weight excluding hydrogens is 454 g/mol. The second-order valence-electron chi connectivity index (χ2n) is 7.23. The third kappa shape index (κ3) is 3.80. The van der Waals surface area contributed by atoms with E-state index in [2.05, 4.69) is 67.3 Å². The Morgan fingerprint density at radius 3 is 2.58 bits per heavy atom. The number of alkyl carbamates (subject to hydrolysis) is 1. The Balaban J connectivity index is 1.21. The zero-order valence-corrected chi connectivity index (χ0v) is 18.1. The van der Waals surface area contributed by atoms with Gasteiger partial charge >= 0.3 is 6.09 Å². The molecule has 0 unspecified atom stereocenters. The van der Waals surface area contributed by atoms with Gasteiger partial charge in [0.1, 0.15) is 12.3 Å². The maximum Gasteiger partial charge on any atom is 0.407 e. The molecule has 2 aromatic carbocycles. The fourth-order valence-electron chi connectivity index (χ4n) is 3.99. The molecule has 0 aliphatic heterocycles. The topological polar surface area (TPSA) is 67.0 Å². The number of fused-ring (bicyclic) bond motifs is 4. The number of halogens is 1. The maximum absolute atomic E-state index is 12.2. The van der Waals surface area contributed by atoms with Crippen LogP contribution >= 0.6 is 15.9 Å². The summed E-state index contributed by atoms with van der Waals surface area (Å²) in [5.74, 6) is 6.07. The van der Waals surface area contributed by atoms with Crippen molar-refractivity contribution in [2.24, 2.45) is 0 Å². The van der Waals surface area contributed by atoms with Gasteiger partial charge in [0.05, 0.1) is 12.1 Å². The Labute approximate surface area is 188 Å². The van der Waals surface area contributed by atoms with Gasteiger partial charge < -0.3 is 15.0 Å². The molecular formula is C25H18BrN3O2. The highest BCUT2D eigenvalue weighted by Gasteiger charge is 2.28. The number of benzene rings is 2. The number of nitrogens with one attached hydrogen (secondary N) is 2. The van der Waals surface area contributed by atoms with Gasteiger partial charge in [-0.3, -0.25) is 0 Å². The molecule has 4 aromatic rings. The van der Waals surface area contributed by atoms with Gasteiger partial charge in [0.15, 0.2) is 0 Å². The van der Waals surface area contributed by atoms with Crippen LogP contribution < -0.4 is 5.32 Å². The molecule has 2 N–H and O–H groups in total. The Morgan fingerprint density at radius 2 is 1.84 bits per heavy atom. The summed E-state index contributed by atoms with van der Waals surface area (Å²) in [7, 11) is 0. The van der Waals surface area contributed by atoms with Gasteiger partial charge in [-0.2, -0.15) is 0 Å². The van der Waals surface area contributed by atoms with E-state index in [0.29, 0.717) is 0 Å². The number of carbonyl (C=O) groups is 1. The number of aromatic nitrogens is 2. The van der Waals surface area contributed by atoms with Crippen molar-refractivity contribution in [3.63, 3.8) is 0 Å². The second kappa shape index (κ2) is 8.29. The highest BCUT2D eigenvalue weighted by molar-refractivity contribution is 9.10. The predicted molar refractivity (Wildman–Crippen MR) is 124 cm³/mol. The van der Waals surface area contributed by atoms with Crippen molar-refractivity contribution in [2.75, 3.05) is 13.2 Å². The quantitative estimate of drug-likeness (QED) is 0.402. The number of hydrogen-bond acceptors (Lipinski definition) is 3. The Kier molecular flexibility index (Phi) is 5.19. The molecule has 6 heteroatoms. The van der Waals surface area contributed by atoms with E-state index in [4.69, 9.17) is 4.74 Å². The van der Waals surface area contributed by atoms with Crippen LogP contribution in [0.3, 0.4) is 0 Å². The van der Waals surface area contributed by atoms with E-state index in [9.17, 15) is 4.79 Å². The molecule has 0 atom stereocenters.